The molecule has 2 aromatic rings. The number of hydrogen-bond acceptors (Lipinski definition) is 2. The molecular weight excluding hydrogens is 226 g/mol. The van der Waals surface area contributed by atoms with Crippen LogP contribution in [0.3, 0.4) is 0 Å². The van der Waals surface area contributed by atoms with Crippen LogP contribution in [0.2, 0.25) is 0 Å². The number of nitrogens with zero attached hydrogens (tertiary/aromatic N) is 3. The van der Waals surface area contributed by atoms with Gasteiger partial charge in [-0.1, -0.05) is 6.92 Å². The van der Waals surface area contributed by atoms with Gasteiger partial charge in [0.05, 0.1) is 0 Å². The molecule has 0 unspecified atom stereocenters. The first-order valence-corrected chi connectivity index (χ1v) is 6.28. The lowest BCUT2D eigenvalue weighted by atomic mass is 10.3. The standard InChI is InChI=1S/C14H19N3O/c1-5-8-16-13(12(4)18)9-14(15-16)17-10(2)6-7-11(17)3/h6-7,9H,5,8H2,1-4H3. The molecule has 0 atom stereocenters. The summed E-state index contributed by atoms with van der Waals surface area (Å²) in [5.74, 6) is 0.887. The maximum absolute atomic E-state index is 11.6. The molecule has 0 fully saturated rings. The quantitative estimate of drug-likeness (QED) is 0.777. The van der Waals surface area contributed by atoms with Crippen molar-refractivity contribution in [2.75, 3.05) is 0 Å². The SMILES string of the molecule is CCCn1nc(-n2c(C)ccc2C)cc1C(C)=O. The predicted molar refractivity (Wildman–Crippen MR) is 71.3 cm³/mol. The van der Waals surface area contributed by atoms with Crippen LogP contribution in [0.5, 0.6) is 0 Å². The third-order valence-electron chi connectivity index (χ3n) is 3.06. The van der Waals surface area contributed by atoms with E-state index in [0.717, 1.165) is 30.2 Å². The zero-order valence-corrected chi connectivity index (χ0v) is 11.4. The molecule has 2 aromatic heterocycles. The highest BCUT2D eigenvalue weighted by Crippen LogP contribution is 2.17. The molecule has 4 nitrogen and oxygen atoms in total. The molecule has 2 heterocycles. The number of aromatic nitrogens is 3. The predicted octanol–water partition coefficient (Wildman–Crippen LogP) is 2.90. The lowest BCUT2D eigenvalue weighted by molar-refractivity contribution is 0.100. The summed E-state index contributed by atoms with van der Waals surface area (Å²) in [7, 11) is 0. The number of hydrogen-bond donors (Lipinski definition) is 0. The summed E-state index contributed by atoms with van der Waals surface area (Å²) in [6, 6.07) is 5.99. The Hall–Kier alpha value is -1.84. The summed E-state index contributed by atoms with van der Waals surface area (Å²) in [6.07, 6.45) is 0.963. The van der Waals surface area contributed by atoms with Crippen LogP contribution < -0.4 is 0 Å². The van der Waals surface area contributed by atoms with Crippen molar-refractivity contribution >= 4 is 5.78 Å². The molecule has 0 aromatic carbocycles. The highest BCUT2D eigenvalue weighted by molar-refractivity contribution is 5.92. The van der Waals surface area contributed by atoms with Crippen molar-refractivity contribution in [1.29, 1.82) is 0 Å². The molecule has 0 bridgehead atoms. The average molecular weight is 245 g/mol. The highest BCUT2D eigenvalue weighted by atomic mass is 16.1. The number of carbonyl (C=O) groups excluding carboxylic acids is 1. The molecule has 0 spiro atoms. The molecule has 0 aliphatic heterocycles. The van der Waals surface area contributed by atoms with E-state index in [-0.39, 0.29) is 5.78 Å². The lowest BCUT2D eigenvalue weighted by Crippen LogP contribution is -2.08. The third kappa shape index (κ3) is 2.10. The second-order valence-electron chi connectivity index (χ2n) is 4.62. The van der Waals surface area contributed by atoms with Crippen molar-refractivity contribution in [2.24, 2.45) is 0 Å². The number of Topliss-reactive ketones (excluding diaryl/α,β-unsaturated/α-hetero) is 1. The van der Waals surface area contributed by atoms with E-state index in [9.17, 15) is 4.79 Å². The molecule has 0 aliphatic rings. The second kappa shape index (κ2) is 4.80. The number of carbonyl (C=O) groups is 1. The summed E-state index contributed by atoms with van der Waals surface area (Å²) in [5, 5.41) is 4.54. The monoisotopic (exact) mass is 245 g/mol. The van der Waals surface area contributed by atoms with E-state index in [1.54, 1.807) is 11.6 Å². The molecule has 0 saturated carbocycles. The van der Waals surface area contributed by atoms with Crippen molar-refractivity contribution in [3.05, 3.63) is 35.3 Å². The van der Waals surface area contributed by atoms with E-state index < -0.39 is 0 Å². The van der Waals surface area contributed by atoms with Crippen LogP contribution in [-0.2, 0) is 6.54 Å². The fraction of sp³-hybridized carbons (Fsp3) is 0.429. The van der Waals surface area contributed by atoms with Crippen LogP contribution in [0.25, 0.3) is 5.82 Å². The zero-order valence-electron chi connectivity index (χ0n) is 11.4. The molecule has 4 heteroatoms. The van der Waals surface area contributed by atoms with Gasteiger partial charge in [0.15, 0.2) is 11.6 Å². The van der Waals surface area contributed by atoms with Gasteiger partial charge in [0.25, 0.3) is 0 Å². The summed E-state index contributed by atoms with van der Waals surface area (Å²) in [5.41, 5.74) is 2.94. The molecule has 96 valence electrons. The van der Waals surface area contributed by atoms with Gasteiger partial charge in [-0.3, -0.25) is 9.48 Å². The Balaban J connectivity index is 2.53. The average Bonchev–Trinajstić information content (AvgIpc) is 2.84. The Morgan fingerprint density at radius 2 is 1.89 bits per heavy atom. The molecule has 0 radical (unpaired) electrons. The largest absolute Gasteiger partial charge is 0.302 e. The first-order chi connectivity index (χ1) is 8.54. The number of aryl methyl sites for hydroxylation is 3. The number of rotatable bonds is 4. The van der Waals surface area contributed by atoms with E-state index in [2.05, 4.69) is 28.7 Å². The van der Waals surface area contributed by atoms with Gasteiger partial charge in [-0.25, -0.2) is 0 Å². The lowest BCUT2D eigenvalue weighted by Gasteiger charge is -2.04. The maximum Gasteiger partial charge on any atom is 0.177 e. The Morgan fingerprint density at radius 1 is 1.28 bits per heavy atom. The molecule has 0 aliphatic carbocycles. The maximum atomic E-state index is 11.6. The zero-order chi connectivity index (χ0) is 13.3. The van der Waals surface area contributed by atoms with Crippen molar-refractivity contribution in [3.63, 3.8) is 0 Å². The molecule has 2 rings (SSSR count). The topological polar surface area (TPSA) is 39.8 Å². The third-order valence-corrected chi connectivity index (χ3v) is 3.06. The smallest absolute Gasteiger partial charge is 0.177 e. The molecule has 0 N–H and O–H groups in total. The van der Waals surface area contributed by atoms with E-state index in [1.807, 2.05) is 19.9 Å². The van der Waals surface area contributed by atoms with Crippen LogP contribution >= 0.6 is 0 Å². The van der Waals surface area contributed by atoms with Crippen molar-refractivity contribution < 1.29 is 4.79 Å². The van der Waals surface area contributed by atoms with Gasteiger partial charge in [-0.05, 0) is 32.4 Å². The summed E-state index contributed by atoms with van der Waals surface area (Å²) in [6.45, 7) is 8.52. The Labute approximate surface area is 107 Å². The van der Waals surface area contributed by atoms with Gasteiger partial charge in [-0.15, -0.1) is 0 Å². The van der Waals surface area contributed by atoms with E-state index in [0.29, 0.717) is 5.69 Å². The van der Waals surface area contributed by atoms with Gasteiger partial charge < -0.3 is 4.57 Å². The Bertz CT molecular complexity index is 558. The van der Waals surface area contributed by atoms with E-state index in [1.165, 1.54) is 0 Å². The molecule has 0 amide bonds. The molecule has 0 saturated heterocycles. The van der Waals surface area contributed by atoms with E-state index >= 15 is 0 Å². The van der Waals surface area contributed by atoms with Crippen molar-refractivity contribution in [2.45, 2.75) is 40.7 Å². The fourth-order valence-electron chi connectivity index (χ4n) is 2.21. The Morgan fingerprint density at radius 3 is 2.39 bits per heavy atom. The molecular formula is C14H19N3O. The first kappa shape index (κ1) is 12.6. The first-order valence-electron chi connectivity index (χ1n) is 6.28. The van der Waals surface area contributed by atoms with Crippen molar-refractivity contribution in [3.8, 4) is 5.82 Å². The van der Waals surface area contributed by atoms with Gasteiger partial charge in [-0.2, -0.15) is 5.10 Å². The fourth-order valence-corrected chi connectivity index (χ4v) is 2.21. The summed E-state index contributed by atoms with van der Waals surface area (Å²) < 4.78 is 3.87. The van der Waals surface area contributed by atoms with Gasteiger partial charge in [0.2, 0.25) is 0 Å². The van der Waals surface area contributed by atoms with Gasteiger partial charge in [0, 0.05) is 30.9 Å². The van der Waals surface area contributed by atoms with Crippen LogP contribution in [0.15, 0.2) is 18.2 Å². The second-order valence-corrected chi connectivity index (χ2v) is 4.62. The minimum atomic E-state index is 0.0599. The van der Waals surface area contributed by atoms with Crippen LogP contribution in [-0.4, -0.2) is 20.1 Å². The van der Waals surface area contributed by atoms with Crippen molar-refractivity contribution in [1.82, 2.24) is 14.3 Å². The highest BCUT2D eigenvalue weighted by Gasteiger charge is 2.14. The van der Waals surface area contributed by atoms with Crippen LogP contribution in [0.1, 0.15) is 42.1 Å². The van der Waals surface area contributed by atoms with Crippen LogP contribution in [0, 0.1) is 13.8 Å². The minimum Gasteiger partial charge on any atom is -0.302 e. The summed E-state index contributed by atoms with van der Waals surface area (Å²) >= 11 is 0. The Kier molecular flexibility index (Phi) is 3.36. The van der Waals surface area contributed by atoms with Gasteiger partial charge in [0.1, 0.15) is 5.69 Å². The normalized spacial score (nSPS) is 10.9. The summed E-state index contributed by atoms with van der Waals surface area (Å²) in [4.78, 5) is 11.6. The number of ketones is 1. The van der Waals surface area contributed by atoms with Gasteiger partial charge >= 0.3 is 0 Å². The minimum absolute atomic E-state index is 0.0599. The molecule has 18 heavy (non-hydrogen) atoms. The van der Waals surface area contributed by atoms with E-state index in [4.69, 9.17) is 0 Å². The van der Waals surface area contributed by atoms with Crippen LogP contribution in [0.4, 0.5) is 0 Å².